The summed E-state index contributed by atoms with van der Waals surface area (Å²) >= 11 is 10.4. The van der Waals surface area contributed by atoms with Gasteiger partial charge in [0, 0.05) is 19.5 Å². The fourth-order valence-corrected chi connectivity index (χ4v) is 4.12. The average molecular weight is 467 g/mol. The van der Waals surface area contributed by atoms with Crippen LogP contribution in [0.25, 0.3) is 0 Å². The summed E-state index contributed by atoms with van der Waals surface area (Å²) < 4.78 is 8.33. The number of nitrogens with one attached hydrogen (secondary N) is 2. The third-order valence-corrected chi connectivity index (χ3v) is 4.53. The molecule has 0 saturated heterocycles. The van der Waals surface area contributed by atoms with E-state index in [1.54, 1.807) is 0 Å². The van der Waals surface area contributed by atoms with E-state index in [9.17, 15) is 0 Å². The number of hydrogen-bond donors (Lipinski definition) is 2. The molecule has 0 aliphatic heterocycles. The molecule has 0 atom stereocenters. The van der Waals surface area contributed by atoms with Crippen LogP contribution in [-0.2, 0) is 6.54 Å². The molecule has 2 N–H and O–H groups in total. The van der Waals surface area contributed by atoms with Crippen molar-refractivity contribution in [2.75, 3.05) is 5.32 Å². The molecule has 1 fully saturated rings. The molecule has 0 amide bonds. The molecule has 0 unspecified atom stereocenters. The summed E-state index contributed by atoms with van der Waals surface area (Å²) in [4.78, 5) is 0. The minimum atomic E-state index is 0.376. The number of rotatable bonds is 5. The highest BCUT2D eigenvalue weighted by Gasteiger charge is 2.21. The van der Waals surface area contributed by atoms with Gasteiger partial charge >= 0.3 is 6.01 Å². The predicted octanol–water partition coefficient (Wildman–Crippen LogP) is 4.35. The maximum Gasteiger partial charge on any atom is 0.320 e. The van der Waals surface area contributed by atoms with Crippen molar-refractivity contribution >= 4 is 59.5 Å². The Bertz CT molecular complexity index is 604. The minimum Gasteiger partial charge on any atom is -0.406 e. The first-order chi connectivity index (χ1) is 9.61. The Morgan fingerprint density at radius 3 is 2.50 bits per heavy atom. The second-order valence-corrected chi connectivity index (χ2v) is 7.15. The van der Waals surface area contributed by atoms with Gasteiger partial charge in [-0.1, -0.05) is 21.0 Å². The van der Waals surface area contributed by atoms with Gasteiger partial charge in [-0.2, -0.15) is 0 Å². The van der Waals surface area contributed by atoms with E-state index < -0.39 is 0 Å². The molecular weight excluding hydrogens is 456 g/mol. The van der Waals surface area contributed by atoms with Crippen LogP contribution in [0.2, 0.25) is 0 Å². The minimum absolute atomic E-state index is 0.376. The third kappa shape index (κ3) is 3.60. The smallest absolute Gasteiger partial charge is 0.320 e. The molecule has 0 bridgehead atoms. The van der Waals surface area contributed by atoms with E-state index >= 15 is 0 Å². The number of halogens is 3. The molecule has 106 valence electrons. The fourth-order valence-electron chi connectivity index (χ4n) is 1.66. The zero-order chi connectivity index (χ0) is 14.1. The highest BCUT2D eigenvalue weighted by molar-refractivity contribution is 9.11. The van der Waals surface area contributed by atoms with Crippen molar-refractivity contribution in [1.82, 2.24) is 15.5 Å². The molecule has 2 aromatic rings. The molecule has 1 aliphatic carbocycles. The highest BCUT2D eigenvalue weighted by Crippen LogP contribution is 2.36. The number of benzene rings is 1. The standard InChI is InChI=1S/C12H11Br3N4O/c13-6-3-8(14)11(9(15)4-6)17-12-19-18-10(20-12)5-16-7-1-2-7/h3-4,7,16H,1-2,5H2,(H,17,19). The number of nitrogens with zero attached hydrogens (tertiary/aromatic N) is 2. The van der Waals surface area contributed by atoms with Crippen molar-refractivity contribution in [3.63, 3.8) is 0 Å². The predicted molar refractivity (Wildman–Crippen MR) is 87.0 cm³/mol. The summed E-state index contributed by atoms with van der Waals surface area (Å²) in [7, 11) is 0. The fraction of sp³-hybridized carbons (Fsp3) is 0.333. The molecular formula is C12H11Br3N4O. The summed E-state index contributed by atoms with van der Waals surface area (Å²) in [5.74, 6) is 0.587. The van der Waals surface area contributed by atoms with Crippen LogP contribution in [-0.4, -0.2) is 16.2 Å². The van der Waals surface area contributed by atoms with Crippen molar-refractivity contribution in [2.24, 2.45) is 0 Å². The molecule has 20 heavy (non-hydrogen) atoms. The van der Waals surface area contributed by atoms with E-state index in [1.165, 1.54) is 12.8 Å². The first-order valence-corrected chi connectivity index (χ1v) is 8.47. The molecule has 8 heteroatoms. The van der Waals surface area contributed by atoms with E-state index in [1.807, 2.05) is 12.1 Å². The maximum atomic E-state index is 5.56. The van der Waals surface area contributed by atoms with Gasteiger partial charge in [-0.15, -0.1) is 5.10 Å². The van der Waals surface area contributed by atoms with Crippen LogP contribution in [0.3, 0.4) is 0 Å². The topological polar surface area (TPSA) is 63.0 Å². The normalized spacial score (nSPS) is 14.6. The molecule has 1 aromatic carbocycles. The Hall–Kier alpha value is -0.440. The van der Waals surface area contributed by atoms with Crippen molar-refractivity contribution in [3.05, 3.63) is 31.4 Å². The van der Waals surface area contributed by atoms with Crippen LogP contribution in [0.4, 0.5) is 11.7 Å². The zero-order valence-electron chi connectivity index (χ0n) is 10.3. The Balaban J connectivity index is 1.70. The quantitative estimate of drug-likeness (QED) is 0.685. The summed E-state index contributed by atoms with van der Waals surface area (Å²) in [6, 6.07) is 4.88. The molecule has 1 saturated carbocycles. The van der Waals surface area contributed by atoms with E-state index in [0.717, 1.165) is 19.1 Å². The van der Waals surface area contributed by atoms with Gasteiger partial charge in [0.25, 0.3) is 0 Å². The lowest BCUT2D eigenvalue weighted by Gasteiger charge is -2.07. The third-order valence-electron chi connectivity index (χ3n) is 2.82. The summed E-state index contributed by atoms with van der Waals surface area (Å²) in [6.45, 7) is 0.613. The number of anilines is 2. The molecule has 5 nitrogen and oxygen atoms in total. The second kappa shape index (κ2) is 6.13. The average Bonchev–Trinajstić information content (AvgIpc) is 3.11. The van der Waals surface area contributed by atoms with Crippen LogP contribution in [0, 0.1) is 0 Å². The van der Waals surface area contributed by atoms with Crippen LogP contribution in [0.15, 0.2) is 30.0 Å². The Kier molecular flexibility index (Phi) is 4.44. The van der Waals surface area contributed by atoms with E-state index in [0.29, 0.717) is 24.5 Å². The van der Waals surface area contributed by atoms with Crippen LogP contribution in [0.1, 0.15) is 18.7 Å². The highest BCUT2D eigenvalue weighted by atomic mass is 79.9. The van der Waals surface area contributed by atoms with Gasteiger partial charge < -0.3 is 15.1 Å². The summed E-state index contributed by atoms with van der Waals surface area (Å²) in [5.41, 5.74) is 0.846. The second-order valence-electron chi connectivity index (χ2n) is 4.53. The number of aromatic nitrogens is 2. The van der Waals surface area contributed by atoms with Gasteiger partial charge in [-0.3, -0.25) is 0 Å². The van der Waals surface area contributed by atoms with Gasteiger partial charge in [0.15, 0.2) is 0 Å². The van der Waals surface area contributed by atoms with Crippen molar-refractivity contribution in [3.8, 4) is 0 Å². The Morgan fingerprint density at radius 2 is 1.85 bits per heavy atom. The van der Waals surface area contributed by atoms with Crippen molar-refractivity contribution in [2.45, 2.75) is 25.4 Å². The van der Waals surface area contributed by atoms with Crippen LogP contribution < -0.4 is 10.6 Å². The van der Waals surface area contributed by atoms with Gasteiger partial charge in [-0.25, -0.2) is 0 Å². The van der Waals surface area contributed by atoms with E-state index in [-0.39, 0.29) is 0 Å². The van der Waals surface area contributed by atoms with E-state index in [4.69, 9.17) is 4.42 Å². The summed E-state index contributed by atoms with van der Waals surface area (Å²) in [5, 5.41) is 14.4. The first-order valence-electron chi connectivity index (χ1n) is 6.09. The largest absolute Gasteiger partial charge is 0.406 e. The number of hydrogen-bond acceptors (Lipinski definition) is 5. The molecule has 1 aliphatic rings. The lowest BCUT2D eigenvalue weighted by molar-refractivity contribution is 0.478. The first kappa shape index (κ1) is 14.5. The van der Waals surface area contributed by atoms with Gasteiger partial charge in [0.05, 0.1) is 12.2 Å². The van der Waals surface area contributed by atoms with E-state index in [2.05, 4.69) is 68.6 Å². The van der Waals surface area contributed by atoms with Crippen molar-refractivity contribution in [1.29, 1.82) is 0 Å². The molecule has 0 spiro atoms. The molecule has 3 rings (SSSR count). The zero-order valence-corrected chi connectivity index (χ0v) is 15.0. The van der Waals surface area contributed by atoms with Gasteiger partial charge in [-0.05, 0) is 56.8 Å². The van der Waals surface area contributed by atoms with Crippen molar-refractivity contribution < 1.29 is 4.42 Å². The molecule has 1 heterocycles. The Labute approximate surface area is 141 Å². The Morgan fingerprint density at radius 1 is 1.15 bits per heavy atom. The van der Waals surface area contributed by atoms with Crippen LogP contribution >= 0.6 is 47.8 Å². The monoisotopic (exact) mass is 464 g/mol. The SMILES string of the molecule is Brc1cc(Br)c(Nc2nnc(CNC3CC3)o2)c(Br)c1. The lowest BCUT2D eigenvalue weighted by atomic mass is 10.3. The van der Waals surface area contributed by atoms with Gasteiger partial charge in [0.2, 0.25) is 5.89 Å². The molecule has 0 radical (unpaired) electrons. The maximum absolute atomic E-state index is 5.56. The summed E-state index contributed by atoms with van der Waals surface area (Å²) in [6.07, 6.45) is 2.47. The van der Waals surface area contributed by atoms with Gasteiger partial charge in [0.1, 0.15) is 0 Å². The van der Waals surface area contributed by atoms with Crippen LogP contribution in [0.5, 0.6) is 0 Å². The molecule has 1 aromatic heterocycles. The lowest BCUT2D eigenvalue weighted by Crippen LogP contribution is -2.15.